The molecule has 1 saturated heterocycles. The molecule has 0 unspecified atom stereocenters. The van der Waals surface area contributed by atoms with E-state index in [1.165, 1.54) is 18.2 Å². The third-order valence-electron chi connectivity index (χ3n) is 4.72. The smallest absolute Gasteiger partial charge is 0.251 e. The number of carbonyl (C=O) groups is 2. The van der Waals surface area contributed by atoms with Gasteiger partial charge in [0.05, 0.1) is 25.3 Å². The fraction of sp³-hybridized carbons (Fsp3) is 0.529. The number of hydrogen-bond donors (Lipinski definition) is 1. The Balaban J connectivity index is 1.61. The van der Waals surface area contributed by atoms with E-state index in [0.29, 0.717) is 19.8 Å². The highest BCUT2D eigenvalue weighted by atomic mass is 19.1. The van der Waals surface area contributed by atoms with E-state index in [9.17, 15) is 14.0 Å². The molecule has 1 aromatic rings. The van der Waals surface area contributed by atoms with Gasteiger partial charge in [0, 0.05) is 12.1 Å². The maximum atomic E-state index is 13.1. The first-order valence-corrected chi connectivity index (χ1v) is 8.03. The fourth-order valence-electron chi connectivity index (χ4n) is 3.55. The van der Waals surface area contributed by atoms with Gasteiger partial charge in [-0.25, -0.2) is 4.39 Å². The monoisotopic (exact) mass is 320 g/mol. The molecular weight excluding hydrogens is 299 g/mol. The van der Waals surface area contributed by atoms with Gasteiger partial charge in [0.2, 0.25) is 5.91 Å². The molecule has 3 rings (SSSR count). The Morgan fingerprint density at radius 3 is 2.83 bits per heavy atom. The van der Waals surface area contributed by atoms with Crippen LogP contribution in [0.1, 0.15) is 36.0 Å². The molecule has 1 saturated carbocycles. The van der Waals surface area contributed by atoms with Gasteiger partial charge in [-0.2, -0.15) is 0 Å². The van der Waals surface area contributed by atoms with Crippen molar-refractivity contribution in [1.29, 1.82) is 0 Å². The van der Waals surface area contributed by atoms with Crippen molar-refractivity contribution in [2.75, 3.05) is 26.3 Å². The summed E-state index contributed by atoms with van der Waals surface area (Å²) in [6.07, 6.45) is 4.11. The second-order valence-electron chi connectivity index (χ2n) is 6.22. The van der Waals surface area contributed by atoms with Crippen molar-refractivity contribution in [3.63, 3.8) is 0 Å². The average molecular weight is 320 g/mol. The number of hydrogen-bond acceptors (Lipinski definition) is 3. The first-order chi connectivity index (χ1) is 11.1. The number of carbonyl (C=O) groups excluding carboxylic acids is 2. The molecule has 1 heterocycles. The van der Waals surface area contributed by atoms with E-state index in [2.05, 4.69) is 5.32 Å². The van der Waals surface area contributed by atoms with E-state index in [1.807, 2.05) is 4.90 Å². The molecule has 2 fully saturated rings. The van der Waals surface area contributed by atoms with Gasteiger partial charge in [-0.15, -0.1) is 0 Å². The molecule has 0 bridgehead atoms. The summed E-state index contributed by atoms with van der Waals surface area (Å²) in [5.41, 5.74) is 0.0224. The molecule has 1 aliphatic heterocycles. The van der Waals surface area contributed by atoms with Crippen LogP contribution in [0.15, 0.2) is 24.3 Å². The largest absolute Gasteiger partial charge is 0.377 e. The standard InChI is InChI=1S/C17H21FN2O3/c18-14-5-3-4-13(10-14)16(22)19-11-15(21)20-8-9-23-12-17(20)6-1-2-7-17/h3-5,10H,1-2,6-9,11-12H2,(H,19,22). The number of amides is 2. The highest BCUT2D eigenvalue weighted by molar-refractivity contribution is 5.96. The molecule has 1 N–H and O–H groups in total. The number of nitrogens with one attached hydrogen (secondary N) is 1. The van der Waals surface area contributed by atoms with Crippen LogP contribution in [-0.4, -0.2) is 48.6 Å². The summed E-state index contributed by atoms with van der Waals surface area (Å²) < 4.78 is 18.7. The number of halogens is 1. The van der Waals surface area contributed by atoms with E-state index < -0.39 is 11.7 Å². The van der Waals surface area contributed by atoms with Crippen molar-refractivity contribution in [3.8, 4) is 0 Å². The van der Waals surface area contributed by atoms with E-state index in [1.54, 1.807) is 0 Å². The van der Waals surface area contributed by atoms with Crippen molar-refractivity contribution < 1.29 is 18.7 Å². The van der Waals surface area contributed by atoms with Crippen molar-refractivity contribution in [2.24, 2.45) is 0 Å². The van der Waals surface area contributed by atoms with E-state index >= 15 is 0 Å². The summed E-state index contributed by atoms with van der Waals surface area (Å²) in [6, 6.07) is 5.43. The minimum atomic E-state index is -0.470. The van der Waals surface area contributed by atoms with Crippen LogP contribution >= 0.6 is 0 Å². The highest BCUT2D eigenvalue weighted by Crippen LogP contribution is 2.37. The summed E-state index contributed by atoms with van der Waals surface area (Å²) >= 11 is 0. The molecule has 124 valence electrons. The van der Waals surface area contributed by atoms with Crippen LogP contribution in [0, 0.1) is 5.82 Å². The fourth-order valence-corrected chi connectivity index (χ4v) is 3.55. The van der Waals surface area contributed by atoms with Crippen LogP contribution in [-0.2, 0) is 9.53 Å². The Hall–Kier alpha value is -1.95. The minimum Gasteiger partial charge on any atom is -0.377 e. The molecule has 5 nitrogen and oxygen atoms in total. The average Bonchev–Trinajstić information content (AvgIpc) is 3.01. The summed E-state index contributed by atoms with van der Waals surface area (Å²) in [5, 5.41) is 2.59. The number of nitrogens with zero attached hydrogens (tertiary/aromatic N) is 1. The van der Waals surface area contributed by atoms with Gasteiger partial charge in [-0.05, 0) is 31.0 Å². The van der Waals surface area contributed by atoms with Crippen LogP contribution in [0.25, 0.3) is 0 Å². The Morgan fingerprint density at radius 1 is 1.30 bits per heavy atom. The molecule has 23 heavy (non-hydrogen) atoms. The zero-order valence-corrected chi connectivity index (χ0v) is 13.0. The van der Waals surface area contributed by atoms with Gasteiger partial charge in [0.1, 0.15) is 5.82 Å². The second kappa shape index (κ2) is 6.66. The molecule has 1 aromatic carbocycles. The lowest BCUT2D eigenvalue weighted by Gasteiger charge is -2.44. The molecule has 2 amide bonds. The van der Waals surface area contributed by atoms with Gasteiger partial charge >= 0.3 is 0 Å². The third-order valence-corrected chi connectivity index (χ3v) is 4.72. The maximum Gasteiger partial charge on any atom is 0.251 e. The van der Waals surface area contributed by atoms with Crippen molar-refractivity contribution in [1.82, 2.24) is 10.2 Å². The maximum absolute atomic E-state index is 13.1. The number of benzene rings is 1. The third kappa shape index (κ3) is 3.37. The van der Waals surface area contributed by atoms with Gasteiger partial charge in [0.25, 0.3) is 5.91 Å². The Labute approximate surface area is 134 Å². The Bertz CT molecular complexity index is 599. The summed E-state index contributed by atoms with van der Waals surface area (Å²) in [4.78, 5) is 26.4. The lowest BCUT2D eigenvalue weighted by Crippen LogP contribution is -2.59. The minimum absolute atomic E-state index is 0.0723. The molecular formula is C17H21FN2O3. The summed E-state index contributed by atoms with van der Waals surface area (Å²) in [6.45, 7) is 1.60. The van der Waals surface area contributed by atoms with Gasteiger partial charge in [0.15, 0.2) is 0 Å². The van der Waals surface area contributed by atoms with Crippen LogP contribution < -0.4 is 5.32 Å². The molecule has 1 aliphatic carbocycles. The Morgan fingerprint density at radius 2 is 2.09 bits per heavy atom. The Kier molecular flexibility index (Phi) is 4.61. The topological polar surface area (TPSA) is 58.6 Å². The first kappa shape index (κ1) is 15.9. The second-order valence-corrected chi connectivity index (χ2v) is 6.22. The van der Waals surface area contributed by atoms with E-state index in [4.69, 9.17) is 4.74 Å². The van der Waals surface area contributed by atoms with Crippen LogP contribution in [0.2, 0.25) is 0 Å². The van der Waals surface area contributed by atoms with Crippen LogP contribution in [0.3, 0.4) is 0 Å². The van der Waals surface area contributed by atoms with E-state index in [0.717, 1.165) is 31.7 Å². The first-order valence-electron chi connectivity index (χ1n) is 8.03. The summed E-state index contributed by atoms with van der Waals surface area (Å²) in [7, 11) is 0. The van der Waals surface area contributed by atoms with Gasteiger partial charge in [-0.3, -0.25) is 9.59 Å². The molecule has 0 aromatic heterocycles. The number of rotatable bonds is 3. The highest BCUT2D eigenvalue weighted by Gasteiger charge is 2.44. The SMILES string of the molecule is O=C(NCC(=O)N1CCOCC12CCCC2)c1cccc(F)c1. The number of morpholine rings is 1. The van der Waals surface area contributed by atoms with Crippen molar-refractivity contribution >= 4 is 11.8 Å². The van der Waals surface area contributed by atoms with E-state index in [-0.39, 0.29) is 23.6 Å². The zero-order valence-electron chi connectivity index (χ0n) is 13.0. The molecule has 0 atom stereocenters. The van der Waals surface area contributed by atoms with Gasteiger partial charge < -0.3 is 15.0 Å². The molecule has 1 spiro atoms. The normalized spacial score (nSPS) is 19.8. The van der Waals surface area contributed by atoms with Crippen molar-refractivity contribution in [2.45, 2.75) is 31.2 Å². The van der Waals surface area contributed by atoms with Gasteiger partial charge in [-0.1, -0.05) is 18.9 Å². The molecule has 2 aliphatic rings. The quantitative estimate of drug-likeness (QED) is 0.923. The lowest BCUT2D eigenvalue weighted by molar-refractivity contribution is -0.147. The molecule has 0 radical (unpaired) electrons. The number of ether oxygens (including phenoxy) is 1. The van der Waals surface area contributed by atoms with Crippen molar-refractivity contribution in [3.05, 3.63) is 35.6 Å². The zero-order chi connectivity index (χ0) is 16.3. The predicted molar refractivity (Wildman–Crippen MR) is 82.5 cm³/mol. The molecule has 6 heteroatoms. The van der Waals surface area contributed by atoms with Crippen LogP contribution in [0.4, 0.5) is 4.39 Å². The summed E-state index contributed by atoms with van der Waals surface area (Å²) in [5.74, 6) is -1.01. The lowest BCUT2D eigenvalue weighted by atomic mass is 9.94. The van der Waals surface area contributed by atoms with Crippen LogP contribution in [0.5, 0.6) is 0 Å². The predicted octanol–water partition coefficient (Wildman–Crippen LogP) is 1.73.